The molecule has 2 aliphatic heterocycles. The van der Waals surface area contributed by atoms with Crippen LogP contribution in [0, 0.1) is 25.1 Å². The molecule has 0 aliphatic carbocycles. The Morgan fingerprint density at radius 3 is 2.65 bits per heavy atom. The van der Waals surface area contributed by atoms with E-state index in [9.17, 15) is 14.7 Å². The van der Waals surface area contributed by atoms with Crippen LogP contribution in [0.25, 0.3) is 16.5 Å². The van der Waals surface area contributed by atoms with E-state index in [-0.39, 0.29) is 23.6 Å². The average Bonchev–Trinajstić information content (AvgIpc) is 2.88. The third-order valence-electron chi connectivity index (χ3n) is 7.20. The summed E-state index contributed by atoms with van der Waals surface area (Å²) in [6, 6.07) is 9.08. The van der Waals surface area contributed by atoms with E-state index < -0.39 is 17.2 Å². The number of rotatable bonds is 5. The molecule has 1 fully saturated rings. The second-order valence-electron chi connectivity index (χ2n) is 9.59. The number of hydrogen-bond acceptors (Lipinski definition) is 5. The highest BCUT2D eigenvalue weighted by atomic mass is 19.1. The van der Waals surface area contributed by atoms with Crippen molar-refractivity contribution in [3.05, 3.63) is 75.3 Å². The first-order valence-electron chi connectivity index (χ1n) is 12.3. The highest BCUT2D eigenvalue weighted by molar-refractivity contribution is 5.97. The van der Waals surface area contributed by atoms with Crippen molar-refractivity contribution in [2.45, 2.75) is 19.9 Å². The van der Waals surface area contributed by atoms with Gasteiger partial charge in [0.15, 0.2) is 11.6 Å². The molecule has 0 unspecified atom stereocenters. The number of carboxylic acid groups (broad SMARTS) is 1. The van der Waals surface area contributed by atoms with Gasteiger partial charge in [-0.05, 0) is 42.7 Å². The summed E-state index contributed by atoms with van der Waals surface area (Å²) in [5, 5.41) is 9.51. The minimum atomic E-state index is -1.33. The monoisotopic (exact) mass is 501 g/mol. The SMILES string of the molecule is C#C/C=C(/CN1CCN(c2c(F)cc3c(=O)c(C(=O)O)cn4c3c2OC[C@@H]4C)CC1)c1ccccc1C. The summed E-state index contributed by atoms with van der Waals surface area (Å²) in [6.07, 6.45) is 8.76. The van der Waals surface area contributed by atoms with Crippen LogP contribution >= 0.6 is 0 Å². The van der Waals surface area contributed by atoms with Crippen molar-refractivity contribution in [1.82, 2.24) is 9.47 Å². The van der Waals surface area contributed by atoms with Crippen molar-refractivity contribution in [1.29, 1.82) is 0 Å². The van der Waals surface area contributed by atoms with Crippen molar-refractivity contribution in [3.63, 3.8) is 0 Å². The van der Waals surface area contributed by atoms with Crippen LogP contribution in [0.2, 0.25) is 0 Å². The number of nitrogens with zero attached hydrogens (tertiary/aromatic N) is 3. The minimum Gasteiger partial charge on any atom is -0.487 e. The Morgan fingerprint density at radius 2 is 1.97 bits per heavy atom. The molecular weight excluding hydrogens is 473 g/mol. The molecule has 0 spiro atoms. The van der Waals surface area contributed by atoms with Crippen LogP contribution < -0.4 is 15.1 Å². The summed E-state index contributed by atoms with van der Waals surface area (Å²) in [7, 11) is 0. The zero-order chi connectivity index (χ0) is 26.3. The van der Waals surface area contributed by atoms with Gasteiger partial charge in [-0.1, -0.05) is 30.2 Å². The molecule has 0 radical (unpaired) electrons. The Morgan fingerprint density at radius 1 is 1.24 bits per heavy atom. The number of terminal acetylenes is 1. The maximum atomic E-state index is 15.5. The van der Waals surface area contributed by atoms with Gasteiger partial charge in [0.1, 0.15) is 17.9 Å². The Balaban J connectivity index is 1.45. The van der Waals surface area contributed by atoms with Gasteiger partial charge in [-0.25, -0.2) is 9.18 Å². The first kappa shape index (κ1) is 24.6. The molecule has 1 atom stereocenters. The van der Waals surface area contributed by atoms with Gasteiger partial charge in [0, 0.05) is 38.9 Å². The van der Waals surface area contributed by atoms with Gasteiger partial charge in [0.05, 0.1) is 16.9 Å². The Hall–Kier alpha value is -4.09. The van der Waals surface area contributed by atoms with Gasteiger partial charge in [-0.3, -0.25) is 9.69 Å². The summed E-state index contributed by atoms with van der Waals surface area (Å²) in [5.41, 5.74) is 3.00. The third kappa shape index (κ3) is 4.36. The average molecular weight is 502 g/mol. The van der Waals surface area contributed by atoms with Crippen molar-refractivity contribution in [2.24, 2.45) is 0 Å². The van der Waals surface area contributed by atoms with Crippen molar-refractivity contribution < 1.29 is 19.0 Å². The smallest absolute Gasteiger partial charge is 0.341 e. The maximum Gasteiger partial charge on any atom is 0.341 e. The number of hydrogen-bond donors (Lipinski definition) is 1. The van der Waals surface area contributed by atoms with Gasteiger partial charge in [0.25, 0.3) is 0 Å². The number of piperazine rings is 1. The molecule has 1 saturated heterocycles. The number of aryl methyl sites for hydroxylation is 1. The molecule has 7 nitrogen and oxygen atoms in total. The number of halogens is 1. The van der Waals surface area contributed by atoms with E-state index in [2.05, 4.69) is 29.9 Å². The second kappa shape index (κ2) is 9.75. The van der Waals surface area contributed by atoms with Gasteiger partial charge in [-0.2, -0.15) is 0 Å². The number of benzene rings is 2. The Labute approximate surface area is 214 Å². The molecule has 8 heteroatoms. The molecule has 190 valence electrons. The molecule has 37 heavy (non-hydrogen) atoms. The number of pyridine rings is 1. The zero-order valence-corrected chi connectivity index (χ0v) is 20.8. The van der Waals surface area contributed by atoms with E-state index in [0.29, 0.717) is 49.7 Å². The fraction of sp³-hybridized carbons (Fsp3) is 0.310. The quantitative estimate of drug-likeness (QED) is 0.534. The van der Waals surface area contributed by atoms with Crippen LogP contribution in [0.3, 0.4) is 0 Å². The fourth-order valence-electron chi connectivity index (χ4n) is 5.27. The lowest BCUT2D eigenvalue weighted by Crippen LogP contribution is -2.47. The molecule has 0 amide bonds. The van der Waals surface area contributed by atoms with E-state index in [0.717, 1.165) is 22.8 Å². The number of carbonyl (C=O) groups is 1. The topological polar surface area (TPSA) is 75.0 Å². The van der Waals surface area contributed by atoms with Gasteiger partial charge in [-0.15, -0.1) is 6.42 Å². The number of aromatic carboxylic acids is 1. The highest BCUT2D eigenvalue weighted by Crippen LogP contribution is 2.42. The molecular formula is C29H28FN3O4. The van der Waals surface area contributed by atoms with E-state index in [1.165, 1.54) is 6.20 Å². The van der Waals surface area contributed by atoms with E-state index >= 15 is 4.39 Å². The van der Waals surface area contributed by atoms with Crippen molar-refractivity contribution in [3.8, 4) is 18.1 Å². The molecule has 2 aromatic carbocycles. The summed E-state index contributed by atoms with van der Waals surface area (Å²) in [4.78, 5) is 28.7. The number of anilines is 1. The number of allylic oxidation sites excluding steroid dienone is 1. The van der Waals surface area contributed by atoms with Crippen LogP contribution in [0.1, 0.15) is 34.5 Å². The number of aromatic nitrogens is 1. The number of carboxylic acids is 1. The van der Waals surface area contributed by atoms with Gasteiger partial charge in [0.2, 0.25) is 5.43 Å². The lowest BCUT2D eigenvalue weighted by molar-refractivity contribution is 0.0694. The zero-order valence-electron chi connectivity index (χ0n) is 20.8. The normalized spacial score (nSPS) is 17.9. The third-order valence-corrected chi connectivity index (χ3v) is 7.20. The maximum absolute atomic E-state index is 15.5. The molecule has 0 saturated carbocycles. The van der Waals surface area contributed by atoms with Crippen LogP contribution in [-0.2, 0) is 0 Å². The molecule has 1 aromatic heterocycles. The standard InChI is InChI=1S/C29H28FN3O4/c1-4-7-20(21-9-6-5-8-18(21)2)15-31-10-12-32(13-11-31)26-24(30)14-22-25-28(26)37-17-19(3)33(25)16-23(27(22)34)29(35)36/h1,5-9,14,16,19H,10-13,15,17H2,2-3H3,(H,35,36)/b20-7-/t19-/m0/s1. The summed E-state index contributed by atoms with van der Waals surface area (Å²) in [5.74, 6) is 1.03. The molecule has 0 bridgehead atoms. The lowest BCUT2D eigenvalue weighted by atomic mass is 9.99. The largest absolute Gasteiger partial charge is 0.487 e. The molecule has 1 N–H and O–H groups in total. The fourth-order valence-corrected chi connectivity index (χ4v) is 5.27. The van der Waals surface area contributed by atoms with Crippen molar-refractivity contribution in [2.75, 3.05) is 44.2 Å². The second-order valence-corrected chi connectivity index (χ2v) is 9.59. The Kier molecular flexibility index (Phi) is 6.48. The predicted octanol–water partition coefficient (Wildman–Crippen LogP) is 3.94. The summed E-state index contributed by atoms with van der Waals surface area (Å²) in [6.45, 7) is 7.35. The van der Waals surface area contributed by atoms with Gasteiger partial charge < -0.3 is 19.3 Å². The lowest BCUT2D eigenvalue weighted by Gasteiger charge is -2.38. The van der Waals surface area contributed by atoms with E-state index in [1.807, 2.05) is 30.0 Å². The summed E-state index contributed by atoms with van der Waals surface area (Å²) < 4.78 is 23.2. The minimum absolute atomic E-state index is 0.0173. The van der Waals surface area contributed by atoms with Crippen LogP contribution in [0.4, 0.5) is 10.1 Å². The van der Waals surface area contributed by atoms with Crippen LogP contribution in [0.5, 0.6) is 5.75 Å². The number of ether oxygens (including phenoxy) is 1. The van der Waals surface area contributed by atoms with Crippen LogP contribution in [-0.4, -0.2) is 59.9 Å². The van der Waals surface area contributed by atoms with E-state index in [4.69, 9.17) is 11.2 Å². The molecule has 2 aliphatic rings. The first-order valence-corrected chi connectivity index (χ1v) is 12.3. The van der Waals surface area contributed by atoms with Gasteiger partial charge >= 0.3 is 5.97 Å². The first-order chi connectivity index (χ1) is 17.8. The molecule has 5 rings (SSSR count). The predicted molar refractivity (Wildman–Crippen MR) is 142 cm³/mol. The molecule has 3 aromatic rings. The van der Waals surface area contributed by atoms with Crippen molar-refractivity contribution >= 4 is 28.1 Å². The van der Waals surface area contributed by atoms with E-state index in [1.54, 1.807) is 4.57 Å². The highest BCUT2D eigenvalue weighted by Gasteiger charge is 2.31. The molecule has 3 heterocycles. The Bertz CT molecular complexity index is 1530. The summed E-state index contributed by atoms with van der Waals surface area (Å²) >= 11 is 0. The van der Waals surface area contributed by atoms with Crippen LogP contribution in [0.15, 0.2) is 47.4 Å².